The van der Waals surface area contributed by atoms with Crippen LogP contribution in [0.15, 0.2) is 0 Å². The average Bonchev–Trinajstić information content (AvgIpc) is 2.48. The third-order valence-corrected chi connectivity index (χ3v) is 4.02. The molecule has 0 aromatic rings. The summed E-state index contributed by atoms with van der Waals surface area (Å²) in [6, 6.07) is 0. The third kappa shape index (κ3) is 15.6. The van der Waals surface area contributed by atoms with Gasteiger partial charge in [0, 0.05) is 0 Å². The number of aliphatic hydroxyl groups is 1. The molecule has 0 heterocycles. The fourth-order valence-corrected chi connectivity index (χ4v) is 2.60. The zero-order valence-electron chi connectivity index (χ0n) is 14.2. The smallest absolute Gasteiger partial charge is 0.308 e. The van der Waals surface area contributed by atoms with Crippen LogP contribution in [0.2, 0.25) is 0 Å². The van der Waals surface area contributed by atoms with Crippen molar-refractivity contribution in [2.45, 2.75) is 103 Å². The van der Waals surface area contributed by atoms with E-state index in [0.29, 0.717) is 6.42 Å². The summed E-state index contributed by atoms with van der Waals surface area (Å²) in [5, 5.41) is 9.61. The van der Waals surface area contributed by atoms with Crippen molar-refractivity contribution >= 4 is 5.97 Å². The molecule has 0 radical (unpaired) electrons. The van der Waals surface area contributed by atoms with Gasteiger partial charge in [0.15, 0.2) is 0 Å². The van der Waals surface area contributed by atoms with Gasteiger partial charge in [0.1, 0.15) is 0 Å². The van der Waals surface area contributed by atoms with Crippen molar-refractivity contribution in [1.82, 2.24) is 0 Å². The Kier molecular flexibility index (Phi) is 15.4. The van der Waals surface area contributed by atoms with E-state index in [-0.39, 0.29) is 12.4 Å². The van der Waals surface area contributed by atoms with Gasteiger partial charge in [-0.1, -0.05) is 84.0 Å². The van der Waals surface area contributed by atoms with Gasteiger partial charge >= 0.3 is 5.97 Å². The van der Waals surface area contributed by atoms with Crippen molar-refractivity contribution in [2.75, 3.05) is 7.11 Å². The van der Waals surface area contributed by atoms with Crippen molar-refractivity contribution in [2.24, 2.45) is 0 Å². The van der Waals surface area contributed by atoms with E-state index in [9.17, 15) is 9.90 Å². The Morgan fingerprint density at radius 1 is 0.857 bits per heavy atom. The molecule has 21 heavy (non-hydrogen) atoms. The predicted molar refractivity (Wildman–Crippen MR) is 88.3 cm³/mol. The highest BCUT2D eigenvalue weighted by Crippen LogP contribution is 2.13. The Bertz CT molecular complexity index is 229. The van der Waals surface area contributed by atoms with Crippen molar-refractivity contribution < 1.29 is 14.6 Å². The van der Waals surface area contributed by atoms with Gasteiger partial charge < -0.3 is 9.84 Å². The second-order valence-electron chi connectivity index (χ2n) is 6.11. The summed E-state index contributed by atoms with van der Waals surface area (Å²) >= 11 is 0. The summed E-state index contributed by atoms with van der Waals surface area (Å²) in [5.41, 5.74) is 0. The second-order valence-corrected chi connectivity index (χ2v) is 6.11. The largest absolute Gasteiger partial charge is 0.469 e. The molecule has 3 nitrogen and oxygen atoms in total. The molecule has 0 spiro atoms. The topological polar surface area (TPSA) is 46.5 Å². The summed E-state index contributed by atoms with van der Waals surface area (Å²) in [6.45, 7) is 2.26. The lowest BCUT2D eigenvalue weighted by Gasteiger charge is -2.08. The van der Waals surface area contributed by atoms with Gasteiger partial charge in [0.25, 0.3) is 0 Å². The lowest BCUT2D eigenvalue weighted by atomic mass is 10.0. The zero-order valence-corrected chi connectivity index (χ0v) is 14.2. The molecule has 1 atom stereocenters. The number of aliphatic hydroxyl groups excluding tert-OH is 1. The number of methoxy groups -OCH3 is 1. The minimum absolute atomic E-state index is 0.133. The molecule has 0 bridgehead atoms. The van der Waals surface area contributed by atoms with Crippen molar-refractivity contribution in [1.29, 1.82) is 0 Å². The molecule has 0 aromatic carbocycles. The fourth-order valence-electron chi connectivity index (χ4n) is 2.60. The molecule has 1 N–H and O–H groups in total. The normalized spacial score (nSPS) is 12.3. The van der Waals surface area contributed by atoms with E-state index in [0.717, 1.165) is 12.8 Å². The number of unbranched alkanes of at least 4 members (excludes halogenated alkanes) is 11. The van der Waals surface area contributed by atoms with Crippen LogP contribution in [0.1, 0.15) is 96.8 Å². The van der Waals surface area contributed by atoms with Crippen LogP contribution in [0.4, 0.5) is 0 Å². The SMILES string of the molecule is CCCCCCCCCCCCCCC(O)CC(=O)OC. The van der Waals surface area contributed by atoms with E-state index in [4.69, 9.17) is 0 Å². The van der Waals surface area contributed by atoms with Gasteiger partial charge in [-0.25, -0.2) is 0 Å². The van der Waals surface area contributed by atoms with Gasteiger partial charge in [0.05, 0.1) is 19.6 Å². The molecular formula is C18H36O3. The maximum absolute atomic E-state index is 11.0. The summed E-state index contributed by atoms with van der Waals surface area (Å²) < 4.78 is 4.54. The zero-order chi connectivity index (χ0) is 15.8. The van der Waals surface area contributed by atoms with E-state index in [1.54, 1.807) is 0 Å². The number of esters is 1. The summed E-state index contributed by atoms with van der Waals surface area (Å²) in [5.74, 6) is -0.318. The molecule has 0 saturated heterocycles. The highest BCUT2D eigenvalue weighted by molar-refractivity contribution is 5.69. The van der Waals surface area contributed by atoms with Crippen LogP contribution in [0.5, 0.6) is 0 Å². The molecule has 126 valence electrons. The summed E-state index contributed by atoms with van der Waals surface area (Å²) in [7, 11) is 1.36. The first-order chi connectivity index (χ1) is 10.2. The Hall–Kier alpha value is -0.570. The highest BCUT2D eigenvalue weighted by Gasteiger charge is 2.09. The molecule has 0 fully saturated rings. The first kappa shape index (κ1) is 20.4. The van der Waals surface area contributed by atoms with Gasteiger partial charge in [-0.05, 0) is 6.42 Å². The van der Waals surface area contributed by atoms with E-state index < -0.39 is 6.10 Å². The van der Waals surface area contributed by atoms with E-state index in [2.05, 4.69) is 11.7 Å². The fraction of sp³-hybridized carbons (Fsp3) is 0.944. The first-order valence-corrected chi connectivity index (χ1v) is 8.95. The molecule has 0 rings (SSSR count). The van der Waals surface area contributed by atoms with Crippen LogP contribution < -0.4 is 0 Å². The van der Waals surface area contributed by atoms with Crippen molar-refractivity contribution in [3.05, 3.63) is 0 Å². The Labute approximate surface area is 131 Å². The number of hydrogen-bond donors (Lipinski definition) is 1. The minimum Gasteiger partial charge on any atom is -0.469 e. The minimum atomic E-state index is -0.527. The molecule has 0 amide bonds. The van der Waals surface area contributed by atoms with Gasteiger partial charge in [-0.3, -0.25) is 4.79 Å². The van der Waals surface area contributed by atoms with Crippen molar-refractivity contribution in [3.63, 3.8) is 0 Å². The lowest BCUT2D eigenvalue weighted by Crippen LogP contribution is -2.14. The third-order valence-electron chi connectivity index (χ3n) is 4.02. The monoisotopic (exact) mass is 300 g/mol. The second kappa shape index (κ2) is 15.8. The van der Waals surface area contributed by atoms with Crippen LogP contribution in [0.25, 0.3) is 0 Å². The predicted octanol–water partition coefficient (Wildman–Crippen LogP) is 5.00. The van der Waals surface area contributed by atoms with E-state index >= 15 is 0 Å². The Morgan fingerprint density at radius 3 is 1.71 bits per heavy atom. The summed E-state index contributed by atoms with van der Waals surface area (Å²) in [4.78, 5) is 11.0. The number of rotatable bonds is 15. The molecule has 0 aliphatic carbocycles. The van der Waals surface area contributed by atoms with Gasteiger partial charge in [0.2, 0.25) is 0 Å². The molecule has 0 aromatic heterocycles. The first-order valence-electron chi connectivity index (χ1n) is 8.95. The number of carbonyl (C=O) groups excluding carboxylic acids is 1. The molecule has 1 unspecified atom stereocenters. The Morgan fingerprint density at radius 2 is 1.29 bits per heavy atom. The maximum atomic E-state index is 11.0. The molecule has 0 aliphatic rings. The molecular weight excluding hydrogens is 264 g/mol. The molecule has 3 heteroatoms. The Balaban J connectivity index is 3.13. The molecule has 0 aliphatic heterocycles. The van der Waals surface area contributed by atoms with Crippen LogP contribution in [0, 0.1) is 0 Å². The molecule has 0 saturated carbocycles. The standard InChI is InChI=1S/C18H36O3/c1-3-4-5-6-7-8-9-10-11-12-13-14-15-17(19)16-18(20)21-2/h17,19H,3-16H2,1-2H3. The number of ether oxygens (including phenoxy) is 1. The van der Waals surface area contributed by atoms with Gasteiger partial charge in [-0.15, -0.1) is 0 Å². The van der Waals surface area contributed by atoms with Gasteiger partial charge in [-0.2, -0.15) is 0 Å². The lowest BCUT2D eigenvalue weighted by molar-refractivity contribution is -0.142. The van der Waals surface area contributed by atoms with E-state index in [1.807, 2.05) is 0 Å². The maximum Gasteiger partial charge on any atom is 0.308 e. The van der Waals surface area contributed by atoms with Crippen LogP contribution >= 0.6 is 0 Å². The van der Waals surface area contributed by atoms with Crippen LogP contribution in [-0.2, 0) is 9.53 Å². The van der Waals surface area contributed by atoms with Crippen LogP contribution in [-0.4, -0.2) is 24.3 Å². The van der Waals surface area contributed by atoms with Crippen LogP contribution in [0.3, 0.4) is 0 Å². The number of carbonyl (C=O) groups is 1. The quantitative estimate of drug-likeness (QED) is 0.342. The summed E-state index contributed by atoms with van der Waals surface area (Å²) in [6.07, 6.45) is 16.1. The highest BCUT2D eigenvalue weighted by atomic mass is 16.5. The average molecular weight is 300 g/mol. The van der Waals surface area contributed by atoms with E-state index in [1.165, 1.54) is 71.3 Å². The number of hydrogen-bond acceptors (Lipinski definition) is 3. The van der Waals surface area contributed by atoms with Crippen molar-refractivity contribution in [3.8, 4) is 0 Å².